The average Bonchev–Trinajstić information content (AvgIpc) is 3.77. The first-order valence-corrected chi connectivity index (χ1v) is 19.5. The lowest BCUT2D eigenvalue weighted by Gasteiger charge is -2.43. The minimum atomic E-state index is -0.695. The van der Waals surface area contributed by atoms with Crippen LogP contribution in [0, 0.1) is 35.4 Å². The summed E-state index contributed by atoms with van der Waals surface area (Å²) in [4.78, 5) is 24.0. The van der Waals surface area contributed by atoms with Crippen molar-refractivity contribution in [2.45, 2.75) is 96.2 Å². The molecular weight excluding hydrogens is 737 g/mol. The molecule has 3 aliphatic rings. The summed E-state index contributed by atoms with van der Waals surface area (Å²) in [6.45, 7) is 9.52. The zero-order valence-corrected chi connectivity index (χ0v) is 33.3. The number of likely N-dealkylation sites (N-methyl/N-ethyl adjacent to an activating group) is 1. The standard InChI is InChI=1S/C40H45ClFN11O3/c1-22-29(41)17-30-28(19-45-53(30)31-9-7-8-14-55-31)32(22)33-23(18-44)15-27-35(34(33)42)46-38(50-20-26(21-50)49(5)6)36-37(27)52(48-47-36)25-11-13-51(24(16-25)10-12-43)39(54)56-40(2,3)4/h15,17,19,24-26,31H,7-11,13-14,16,20-21H2,1-6H3/t24-,25+,31?/m1/s1. The molecule has 56 heavy (non-hydrogen) atoms. The van der Waals surface area contributed by atoms with Crippen molar-refractivity contribution in [1.29, 1.82) is 10.5 Å². The first-order chi connectivity index (χ1) is 26.8. The summed E-state index contributed by atoms with van der Waals surface area (Å²) >= 11 is 6.89. The predicted octanol–water partition coefficient (Wildman–Crippen LogP) is 7.27. The van der Waals surface area contributed by atoms with Crippen LogP contribution in [0.3, 0.4) is 0 Å². The number of nitriles is 2. The number of piperidine rings is 1. The van der Waals surface area contributed by atoms with Crippen LogP contribution in [0.2, 0.25) is 5.02 Å². The van der Waals surface area contributed by atoms with Gasteiger partial charge in [-0.15, -0.1) is 5.10 Å². The number of likely N-dealkylation sites (tertiary alicyclic amines) is 1. The van der Waals surface area contributed by atoms with Gasteiger partial charge in [0.25, 0.3) is 0 Å². The molecule has 3 aromatic heterocycles. The van der Waals surface area contributed by atoms with Crippen molar-refractivity contribution in [2.24, 2.45) is 0 Å². The summed E-state index contributed by atoms with van der Waals surface area (Å²) in [5.74, 6) is -0.156. The van der Waals surface area contributed by atoms with E-state index in [9.17, 15) is 15.3 Å². The van der Waals surface area contributed by atoms with Gasteiger partial charge in [-0.2, -0.15) is 15.6 Å². The Morgan fingerprint density at radius 1 is 1.11 bits per heavy atom. The van der Waals surface area contributed by atoms with Gasteiger partial charge in [0.2, 0.25) is 0 Å². The molecule has 16 heteroatoms. The van der Waals surface area contributed by atoms with Crippen LogP contribution < -0.4 is 4.90 Å². The lowest BCUT2D eigenvalue weighted by molar-refractivity contribution is -0.0366. The number of hydrogen-bond donors (Lipinski definition) is 0. The van der Waals surface area contributed by atoms with E-state index in [4.69, 9.17) is 31.2 Å². The Hall–Kier alpha value is -5.09. The summed E-state index contributed by atoms with van der Waals surface area (Å²) in [5, 5.41) is 36.0. The van der Waals surface area contributed by atoms with E-state index in [0.717, 1.165) is 19.3 Å². The molecule has 0 aliphatic carbocycles. The van der Waals surface area contributed by atoms with Crippen molar-refractivity contribution in [3.05, 3.63) is 40.3 Å². The van der Waals surface area contributed by atoms with Crippen molar-refractivity contribution >= 4 is 56.4 Å². The minimum absolute atomic E-state index is 0.0775. The Morgan fingerprint density at radius 2 is 1.89 bits per heavy atom. The normalized spacial score (nSPS) is 20.8. The van der Waals surface area contributed by atoms with Crippen molar-refractivity contribution in [2.75, 3.05) is 45.2 Å². The average molecular weight is 782 g/mol. The molecule has 14 nitrogen and oxygen atoms in total. The smallest absolute Gasteiger partial charge is 0.410 e. The molecule has 3 aliphatic heterocycles. The topological polar surface area (TPSA) is 154 Å². The molecule has 6 heterocycles. The van der Waals surface area contributed by atoms with E-state index < -0.39 is 23.6 Å². The highest BCUT2D eigenvalue weighted by molar-refractivity contribution is 6.33. The van der Waals surface area contributed by atoms with Gasteiger partial charge in [0.05, 0.1) is 47.9 Å². The van der Waals surface area contributed by atoms with Crippen LogP contribution in [0.5, 0.6) is 0 Å². The van der Waals surface area contributed by atoms with E-state index in [1.165, 1.54) is 0 Å². The van der Waals surface area contributed by atoms with Gasteiger partial charge in [-0.1, -0.05) is 16.8 Å². The van der Waals surface area contributed by atoms with E-state index >= 15 is 4.39 Å². The number of aromatic nitrogens is 6. The van der Waals surface area contributed by atoms with Gasteiger partial charge >= 0.3 is 6.09 Å². The van der Waals surface area contributed by atoms with Gasteiger partial charge in [0.1, 0.15) is 16.6 Å². The van der Waals surface area contributed by atoms with Crippen molar-refractivity contribution in [1.82, 2.24) is 39.6 Å². The number of fused-ring (bicyclic) bond motifs is 4. The number of halogens is 2. The van der Waals surface area contributed by atoms with Crippen molar-refractivity contribution in [3.8, 4) is 23.3 Å². The molecule has 8 rings (SSSR count). The second-order valence-electron chi connectivity index (χ2n) is 16.4. The Labute approximate surface area is 329 Å². The van der Waals surface area contributed by atoms with Crippen LogP contribution in [0.4, 0.5) is 15.0 Å². The number of benzene rings is 2. The number of anilines is 1. The second-order valence-corrected chi connectivity index (χ2v) is 16.8. The predicted molar refractivity (Wildman–Crippen MR) is 210 cm³/mol. The van der Waals surface area contributed by atoms with Gasteiger partial charge in [0.15, 0.2) is 23.4 Å². The van der Waals surface area contributed by atoms with Gasteiger partial charge in [0, 0.05) is 59.2 Å². The maximum absolute atomic E-state index is 17.7. The molecule has 2 aromatic carbocycles. The third-order valence-corrected chi connectivity index (χ3v) is 11.8. The number of carbonyl (C=O) groups excluding carboxylic acids is 1. The summed E-state index contributed by atoms with van der Waals surface area (Å²) in [7, 11) is 4.05. The lowest BCUT2D eigenvalue weighted by atomic mass is 9.91. The van der Waals surface area contributed by atoms with E-state index in [-0.39, 0.29) is 41.4 Å². The zero-order chi connectivity index (χ0) is 39.6. The molecular formula is C40H45ClFN11O3. The van der Waals surface area contributed by atoms with Crippen molar-refractivity contribution in [3.63, 3.8) is 0 Å². The number of hydrogen-bond acceptors (Lipinski definition) is 11. The Balaban J connectivity index is 1.31. The molecule has 1 unspecified atom stereocenters. The number of nitrogens with zero attached hydrogens (tertiary/aromatic N) is 11. The van der Waals surface area contributed by atoms with Crippen LogP contribution in [0.25, 0.3) is 44.0 Å². The summed E-state index contributed by atoms with van der Waals surface area (Å²) in [6.07, 6.45) is 4.70. The fourth-order valence-electron chi connectivity index (χ4n) is 8.38. The van der Waals surface area contributed by atoms with Crippen LogP contribution >= 0.6 is 11.6 Å². The molecule has 0 bridgehead atoms. The highest BCUT2D eigenvalue weighted by atomic mass is 35.5. The number of rotatable bonds is 6. The zero-order valence-electron chi connectivity index (χ0n) is 32.5. The molecule has 0 spiro atoms. The molecule has 5 aromatic rings. The minimum Gasteiger partial charge on any atom is -0.444 e. The first kappa shape index (κ1) is 37.8. The van der Waals surface area contributed by atoms with Gasteiger partial charge in [-0.05, 0) is 91.6 Å². The van der Waals surface area contributed by atoms with Crippen LogP contribution in [0.15, 0.2) is 18.3 Å². The molecule has 1 amide bonds. The van der Waals surface area contributed by atoms with Crippen LogP contribution in [0.1, 0.15) is 82.7 Å². The number of pyridine rings is 1. The largest absolute Gasteiger partial charge is 0.444 e. The monoisotopic (exact) mass is 781 g/mol. The molecule has 0 radical (unpaired) electrons. The quantitative estimate of drug-likeness (QED) is 0.171. The summed E-state index contributed by atoms with van der Waals surface area (Å²) in [5.41, 5.74) is 2.40. The number of amides is 1. The maximum atomic E-state index is 17.7. The highest BCUT2D eigenvalue weighted by Crippen LogP contribution is 2.45. The maximum Gasteiger partial charge on any atom is 0.410 e. The van der Waals surface area contributed by atoms with E-state index in [1.807, 2.05) is 47.9 Å². The Bertz CT molecular complexity index is 2450. The molecule has 0 saturated carbocycles. The van der Waals surface area contributed by atoms with Crippen LogP contribution in [-0.2, 0) is 9.47 Å². The second kappa shape index (κ2) is 14.4. The fourth-order valence-corrected chi connectivity index (χ4v) is 8.58. The third-order valence-electron chi connectivity index (χ3n) is 11.4. The van der Waals surface area contributed by atoms with Gasteiger partial charge in [-0.25, -0.2) is 23.5 Å². The molecule has 3 fully saturated rings. The highest BCUT2D eigenvalue weighted by Gasteiger charge is 2.38. The summed E-state index contributed by atoms with van der Waals surface area (Å²) < 4.78 is 33.1. The Morgan fingerprint density at radius 3 is 2.57 bits per heavy atom. The van der Waals surface area contributed by atoms with E-state index in [1.54, 1.807) is 26.5 Å². The van der Waals surface area contributed by atoms with Crippen LogP contribution in [-0.4, -0.2) is 104 Å². The van der Waals surface area contributed by atoms with Crippen molar-refractivity contribution < 1.29 is 18.7 Å². The number of ether oxygens (including phenoxy) is 2. The molecule has 3 saturated heterocycles. The van der Waals surface area contributed by atoms with E-state index in [2.05, 4.69) is 32.3 Å². The summed E-state index contributed by atoms with van der Waals surface area (Å²) in [6, 6.07) is 7.55. The Kier molecular flexibility index (Phi) is 9.76. The number of carbonyl (C=O) groups is 1. The van der Waals surface area contributed by atoms with Gasteiger partial charge < -0.3 is 24.2 Å². The molecule has 3 atom stereocenters. The molecule has 292 valence electrons. The SMILES string of the molecule is Cc1c(Cl)cc2c(cnn2C2CCCCO2)c1-c1c(C#N)cc2c(nc(N3CC(N(C)C)C3)c3nnn([C@H]4CCN(C(=O)OC(C)(C)C)[C@H](CC#N)C4)c32)c1F. The fraction of sp³-hybridized carbons (Fsp3) is 0.525. The molecule has 0 N–H and O–H groups in total. The lowest BCUT2D eigenvalue weighted by Crippen LogP contribution is -2.57. The first-order valence-electron chi connectivity index (χ1n) is 19.2. The van der Waals surface area contributed by atoms with Gasteiger partial charge in [-0.3, -0.25) is 0 Å². The van der Waals surface area contributed by atoms with E-state index in [0.29, 0.717) is 88.4 Å². The third kappa shape index (κ3) is 6.45.